The zero-order valence-corrected chi connectivity index (χ0v) is 16.4. The van der Waals surface area contributed by atoms with E-state index in [-0.39, 0.29) is 11.7 Å². The molecule has 0 saturated heterocycles. The average Bonchev–Trinajstić information content (AvgIpc) is 3.10. The van der Waals surface area contributed by atoms with Crippen LogP contribution < -0.4 is 10.6 Å². The van der Waals surface area contributed by atoms with Gasteiger partial charge in [0.25, 0.3) is 5.91 Å². The number of carbonyl (C=O) groups excluding carboxylic acids is 1. The van der Waals surface area contributed by atoms with Crippen LogP contribution in [0.3, 0.4) is 0 Å². The monoisotopic (exact) mass is 380 g/mol. The number of carbonyl (C=O) groups is 1. The van der Waals surface area contributed by atoms with Crippen LogP contribution >= 0.6 is 0 Å². The topological polar surface area (TPSA) is 111 Å². The summed E-state index contributed by atoms with van der Waals surface area (Å²) in [5.74, 6) is 0.00733. The van der Waals surface area contributed by atoms with Crippen molar-refractivity contribution in [3.8, 4) is 0 Å². The molecule has 3 aromatic heterocycles. The Morgan fingerprint density at radius 2 is 2.11 bits per heavy atom. The van der Waals surface area contributed by atoms with E-state index in [0.717, 1.165) is 17.8 Å². The highest BCUT2D eigenvalue weighted by atomic mass is 16.1. The number of fused-ring (bicyclic) bond motifs is 1. The fourth-order valence-electron chi connectivity index (χ4n) is 3.09. The largest absolute Gasteiger partial charge is 0.386 e. The van der Waals surface area contributed by atoms with Gasteiger partial charge in [-0.15, -0.1) is 0 Å². The van der Waals surface area contributed by atoms with Crippen LogP contribution in [0.4, 0.5) is 11.5 Å². The Morgan fingerprint density at radius 3 is 2.75 bits per heavy atom. The molecule has 0 bridgehead atoms. The predicted octanol–water partition coefficient (Wildman–Crippen LogP) is 2.43. The molecule has 1 amide bonds. The number of hydrogen-bond donors (Lipinski definition) is 3. The lowest BCUT2D eigenvalue weighted by atomic mass is 10.1. The Morgan fingerprint density at radius 1 is 1.32 bits per heavy atom. The summed E-state index contributed by atoms with van der Waals surface area (Å²) in [6.07, 6.45) is 8.95. The van der Waals surface area contributed by atoms with Crippen molar-refractivity contribution in [3.05, 3.63) is 47.8 Å². The first-order valence-electron chi connectivity index (χ1n) is 8.97. The van der Waals surface area contributed by atoms with Crippen molar-refractivity contribution in [3.63, 3.8) is 0 Å². The first-order chi connectivity index (χ1) is 13.5. The molecule has 0 aliphatic carbocycles. The molecular formula is C19H24N8O. The third-order valence-electron chi connectivity index (χ3n) is 4.55. The molecule has 0 radical (unpaired) electrons. The van der Waals surface area contributed by atoms with Crippen molar-refractivity contribution in [2.75, 3.05) is 31.8 Å². The zero-order chi connectivity index (χ0) is 20.3. The molecule has 28 heavy (non-hydrogen) atoms. The second kappa shape index (κ2) is 8.13. The maximum Gasteiger partial charge on any atom is 0.275 e. The Bertz CT molecular complexity index is 1010. The molecule has 3 aromatic rings. The minimum Gasteiger partial charge on any atom is -0.386 e. The first kappa shape index (κ1) is 19.4. The SMILES string of the molecule is CCC(c1cn2cc(NC(=O)c3cc(C=N)c(NC)cn3)ncc2n1)N(C)C. The molecule has 0 aromatic carbocycles. The maximum atomic E-state index is 12.5. The number of amides is 1. The molecule has 0 spiro atoms. The van der Waals surface area contributed by atoms with Crippen molar-refractivity contribution < 1.29 is 4.79 Å². The van der Waals surface area contributed by atoms with Crippen LogP contribution in [0.1, 0.15) is 41.1 Å². The van der Waals surface area contributed by atoms with Gasteiger partial charge in [0.15, 0.2) is 5.65 Å². The third kappa shape index (κ3) is 3.84. The number of pyridine rings is 1. The average molecular weight is 380 g/mol. The lowest BCUT2D eigenvalue weighted by Crippen LogP contribution is -2.19. The number of anilines is 2. The highest BCUT2D eigenvalue weighted by molar-refractivity contribution is 6.03. The fourth-order valence-corrected chi connectivity index (χ4v) is 3.09. The highest BCUT2D eigenvalue weighted by Crippen LogP contribution is 2.21. The van der Waals surface area contributed by atoms with E-state index >= 15 is 0 Å². The quantitative estimate of drug-likeness (QED) is 0.543. The van der Waals surface area contributed by atoms with Gasteiger partial charge in [-0.1, -0.05) is 6.92 Å². The summed E-state index contributed by atoms with van der Waals surface area (Å²) in [7, 11) is 5.79. The van der Waals surface area contributed by atoms with Gasteiger partial charge < -0.3 is 25.3 Å². The number of nitrogens with zero attached hydrogens (tertiary/aromatic N) is 5. The van der Waals surface area contributed by atoms with Crippen LogP contribution in [-0.4, -0.2) is 57.5 Å². The number of rotatable bonds is 7. The standard InChI is InChI=1S/C19H24N8O/c1-5-16(26(3)4)15-10-27-11-17(23-9-18(27)24-15)25-19(28)13-6-12(7-20)14(21-2)8-22-13/h6-11,16,20-21H,5H2,1-4H3,(H,25,28). The second-order valence-electron chi connectivity index (χ2n) is 6.60. The molecule has 1 unspecified atom stereocenters. The third-order valence-corrected chi connectivity index (χ3v) is 4.55. The molecule has 3 rings (SSSR count). The maximum absolute atomic E-state index is 12.5. The van der Waals surface area contributed by atoms with E-state index in [9.17, 15) is 4.79 Å². The molecule has 0 aliphatic heterocycles. The summed E-state index contributed by atoms with van der Waals surface area (Å²) in [6, 6.07) is 1.78. The van der Waals surface area contributed by atoms with Gasteiger partial charge in [0.1, 0.15) is 11.5 Å². The van der Waals surface area contributed by atoms with E-state index in [1.54, 1.807) is 25.5 Å². The molecule has 146 valence electrons. The van der Waals surface area contributed by atoms with E-state index < -0.39 is 5.91 Å². The van der Waals surface area contributed by atoms with Crippen molar-refractivity contribution in [2.45, 2.75) is 19.4 Å². The molecular weight excluding hydrogens is 356 g/mol. The molecule has 9 nitrogen and oxygen atoms in total. The van der Waals surface area contributed by atoms with Gasteiger partial charge in [-0.3, -0.25) is 4.79 Å². The van der Waals surface area contributed by atoms with E-state index in [1.807, 2.05) is 24.7 Å². The number of hydrogen-bond acceptors (Lipinski definition) is 7. The van der Waals surface area contributed by atoms with E-state index in [0.29, 0.717) is 17.1 Å². The molecule has 9 heteroatoms. The van der Waals surface area contributed by atoms with Crippen molar-refractivity contribution in [2.24, 2.45) is 0 Å². The highest BCUT2D eigenvalue weighted by Gasteiger charge is 2.16. The molecule has 3 N–H and O–H groups in total. The van der Waals surface area contributed by atoms with Crippen molar-refractivity contribution in [1.82, 2.24) is 24.3 Å². The lowest BCUT2D eigenvalue weighted by molar-refractivity contribution is 0.102. The summed E-state index contributed by atoms with van der Waals surface area (Å²) in [4.78, 5) is 27.7. The van der Waals surface area contributed by atoms with E-state index in [2.05, 4.69) is 37.4 Å². The van der Waals surface area contributed by atoms with Gasteiger partial charge in [-0.25, -0.2) is 15.0 Å². The summed E-state index contributed by atoms with van der Waals surface area (Å²) in [5, 5.41) is 13.2. The van der Waals surface area contributed by atoms with Crippen LogP contribution in [0.2, 0.25) is 0 Å². The van der Waals surface area contributed by atoms with Gasteiger partial charge in [0.05, 0.1) is 36.0 Å². The van der Waals surface area contributed by atoms with Crippen LogP contribution in [0.25, 0.3) is 5.65 Å². The van der Waals surface area contributed by atoms with E-state index in [4.69, 9.17) is 5.41 Å². The Balaban J connectivity index is 1.84. The number of imidazole rings is 1. The molecule has 0 fully saturated rings. The van der Waals surface area contributed by atoms with E-state index in [1.165, 1.54) is 12.4 Å². The van der Waals surface area contributed by atoms with Crippen LogP contribution in [0.5, 0.6) is 0 Å². The molecule has 0 saturated carbocycles. The summed E-state index contributed by atoms with van der Waals surface area (Å²) < 4.78 is 1.85. The zero-order valence-electron chi connectivity index (χ0n) is 16.4. The van der Waals surface area contributed by atoms with Gasteiger partial charge in [-0.2, -0.15) is 0 Å². The van der Waals surface area contributed by atoms with Gasteiger partial charge in [0, 0.05) is 25.0 Å². The summed E-state index contributed by atoms with van der Waals surface area (Å²) in [5.41, 5.74) is 3.15. The minimum absolute atomic E-state index is 0.212. The van der Waals surface area contributed by atoms with Crippen molar-refractivity contribution >= 4 is 29.3 Å². The Labute approximate surface area is 163 Å². The summed E-state index contributed by atoms with van der Waals surface area (Å²) >= 11 is 0. The smallest absolute Gasteiger partial charge is 0.275 e. The van der Waals surface area contributed by atoms with Gasteiger partial charge >= 0.3 is 0 Å². The fraction of sp³-hybridized carbons (Fsp3) is 0.316. The molecule has 3 heterocycles. The van der Waals surface area contributed by atoms with Crippen LogP contribution in [0, 0.1) is 5.41 Å². The Kier molecular flexibility index (Phi) is 5.65. The predicted molar refractivity (Wildman–Crippen MR) is 109 cm³/mol. The van der Waals surface area contributed by atoms with Gasteiger partial charge in [0.2, 0.25) is 0 Å². The number of aromatic nitrogens is 4. The molecule has 1 atom stereocenters. The van der Waals surface area contributed by atoms with Gasteiger partial charge in [-0.05, 0) is 26.6 Å². The lowest BCUT2D eigenvalue weighted by Gasteiger charge is -2.20. The first-order valence-corrected chi connectivity index (χ1v) is 8.97. The minimum atomic E-state index is -0.391. The van der Waals surface area contributed by atoms with Crippen LogP contribution in [-0.2, 0) is 0 Å². The normalized spacial score (nSPS) is 12.2. The van der Waals surface area contributed by atoms with Crippen LogP contribution in [0.15, 0.2) is 30.9 Å². The summed E-state index contributed by atoms with van der Waals surface area (Å²) in [6.45, 7) is 2.12. The molecule has 0 aliphatic rings. The Hall–Kier alpha value is -3.33. The second-order valence-corrected chi connectivity index (χ2v) is 6.60. The number of nitrogens with one attached hydrogen (secondary N) is 3. The van der Waals surface area contributed by atoms with Crippen molar-refractivity contribution in [1.29, 1.82) is 5.41 Å².